The molecule has 0 aromatic heterocycles. The lowest BCUT2D eigenvalue weighted by atomic mass is 10.2. The van der Waals surface area contributed by atoms with Crippen LogP contribution < -0.4 is 0 Å². The Morgan fingerprint density at radius 1 is 1.35 bits per heavy atom. The van der Waals surface area contributed by atoms with E-state index >= 15 is 0 Å². The molecule has 0 aromatic carbocycles. The van der Waals surface area contributed by atoms with Gasteiger partial charge in [-0.3, -0.25) is 0 Å². The molecule has 0 spiro atoms. The van der Waals surface area contributed by atoms with Gasteiger partial charge in [0.05, 0.1) is 13.2 Å². The Hall–Kier alpha value is -0.460. The molecule has 0 saturated heterocycles. The summed E-state index contributed by atoms with van der Waals surface area (Å²) in [6, 6.07) is -0.242. The van der Waals surface area contributed by atoms with Crippen molar-refractivity contribution in [3.05, 3.63) is 5.21 Å². The summed E-state index contributed by atoms with van der Waals surface area (Å²) in [4.78, 5) is 9.27. The average molecular weight is 267 g/mol. The first-order valence-electron chi connectivity index (χ1n) is 5.60. The Balaban J connectivity index is 2.86. The van der Waals surface area contributed by atoms with Crippen molar-refractivity contribution in [3.8, 4) is 0 Å². The van der Waals surface area contributed by atoms with Gasteiger partial charge in [-0.25, -0.2) is 14.3 Å². The SMILES string of the molecule is CCOOP(=O)(OOCC)C1=[N+]([O-])C(C)CC1. The fourth-order valence-electron chi connectivity index (χ4n) is 1.42. The van der Waals surface area contributed by atoms with Gasteiger partial charge in [-0.1, -0.05) is 0 Å². The molecule has 0 amide bonds. The summed E-state index contributed by atoms with van der Waals surface area (Å²) in [6.07, 6.45) is 0.954. The third kappa shape index (κ3) is 3.50. The molecule has 8 heteroatoms. The van der Waals surface area contributed by atoms with Gasteiger partial charge in [0.15, 0.2) is 6.04 Å². The topological polar surface area (TPSA) is 80.1 Å². The van der Waals surface area contributed by atoms with Crippen molar-refractivity contribution >= 4 is 13.0 Å². The Morgan fingerprint density at radius 2 is 1.88 bits per heavy atom. The summed E-state index contributed by atoms with van der Waals surface area (Å²) < 4.78 is 22.4. The zero-order valence-corrected chi connectivity index (χ0v) is 11.1. The van der Waals surface area contributed by atoms with Crippen LogP contribution in [-0.2, 0) is 23.7 Å². The van der Waals surface area contributed by atoms with Gasteiger partial charge in [0.2, 0.25) is 0 Å². The first-order chi connectivity index (χ1) is 8.05. The summed E-state index contributed by atoms with van der Waals surface area (Å²) in [7, 11) is -3.81. The van der Waals surface area contributed by atoms with Crippen LogP contribution in [0.25, 0.3) is 0 Å². The Morgan fingerprint density at radius 3 is 2.24 bits per heavy atom. The smallest absolute Gasteiger partial charge is 0.474 e. The first kappa shape index (κ1) is 14.6. The number of rotatable bonds is 7. The molecule has 1 rings (SSSR count). The van der Waals surface area contributed by atoms with Crippen LogP contribution >= 0.6 is 7.60 Å². The van der Waals surface area contributed by atoms with Gasteiger partial charge < -0.3 is 5.21 Å². The maximum absolute atomic E-state index is 12.3. The number of hydrogen-bond acceptors (Lipinski definition) is 6. The highest BCUT2D eigenvalue weighted by Gasteiger charge is 2.46. The third-order valence-electron chi connectivity index (χ3n) is 2.29. The summed E-state index contributed by atoms with van der Waals surface area (Å²) in [5.41, 5.74) is 0.0481. The van der Waals surface area contributed by atoms with Gasteiger partial charge in [-0.05, 0) is 20.8 Å². The second-order valence-electron chi connectivity index (χ2n) is 3.59. The minimum Gasteiger partial charge on any atom is -0.623 e. The molecule has 0 saturated carbocycles. The Kier molecular flexibility index (Phi) is 5.55. The van der Waals surface area contributed by atoms with Crippen molar-refractivity contribution in [2.75, 3.05) is 13.2 Å². The van der Waals surface area contributed by atoms with Crippen LogP contribution in [0.3, 0.4) is 0 Å². The van der Waals surface area contributed by atoms with Gasteiger partial charge in [-0.2, -0.15) is 4.74 Å². The maximum Gasteiger partial charge on any atom is 0.474 e. The van der Waals surface area contributed by atoms with E-state index in [-0.39, 0.29) is 24.7 Å². The van der Waals surface area contributed by atoms with Crippen LogP contribution in [0.15, 0.2) is 0 Å². The van der Waals surface area contributed by atoms with Crippen LogP contribution in [0.2, 0.25) is 0 Å². The van der Waals surface area contributed by atoms with Crippen molar-refractivity contribution in [1.82, 2.24) is 0 Å². The van der Waals surface area contributed by atoms with Crippen molar-refractivity contribution in [2.24, 2.45) is 0 Å². The minimum absolute atomic E-state index is 0.0481. The molecule has 1 heterocycles. The molecule has 7 nitrogen and oxygen atoms in total. The molecule has 1 aliphatic heterocycles. The molecule has 0 radical (unpaired) electrons. The largest absolute Gasteiger partial charge is 0.623 e. The normalized spacial score (nSPS) is 21.2. The second kappa shape index (κ2) is 6.47. The molecular weight excluding hydrogens is 249 g/mol. The van der Waals surface area contributed by atoms with E-state index in [1.54, 1.807) is 20.8 Å². The fourth-order valence-corrected chi connectivity index (χ4v) is 2.95. The molecule has 0 bridgehead atoms. The van der Waals surface area contributed by atoms with E-state index in [0.29, 0.717) is 17.6 Å². The van der Waals surface area contributed by atoms with E-state index in [2.05, 4.69) is 9.78 Å². The van der Waals surface area contributed by atoms with Gasteiger partial charge >= 0.3 is 7.60 Å². The minimum atomic E-state index is -3.81. The monoisotopic (exact) mass is 267 g/mol. The number of hydrogen-bond donors (Lipinski definition) is 0. The van der Waals surface area contributed by atoms with Gasteiger partial charge in [-0.15, -0.1) is 9.35 Å². The molecular formula is C9H18NO6P. The predicted molar refractivity (Wildman–Crippen MR) is 60.4 cm³/mol. The number of nitrogens with zero attached hydrogens (tertiary/aromatic N) is 1. The standard InChI is InChI=1S/C9H18NO6P/c1-4-13-15-17(12,16-14-5-2)9-7-6-8(3)10(9)11/h8H,4-7H2,1-3H3. The van der Waals surface area contributed by atoms with Crippen LogP contribution in [0.1, 0.15) is 33.6 Å². The highest BCUT2D eigenvalue weighted by molar-refractivity contribution is 7.71. The predicted octanol–water partition coefficient (Wildman–Crippen LogP) is 2.21. The van der Waals surface area contributed by atoms with Gasteiger partial charge in [0.25, 0.3) is 5.45 Å². The summed E-state index contributed by atoms with van der Waals surface area (Å²) in [5, 5.41) is 11.7. The van der Waals surface area contributed by atoms with Crippen LogP contribution in [-0.4, -0.2) is 29.4 Å². The third-order valence-corrected chi connectivity index (χ3v) is 3.95. The van der Waals surface area contributed by atoms with Gasteiger partial charge in [0, 0.05) is 12.8 Å². The average Bonchev–Trinajstić information content (AvgIpc) is 2.65. The lowest BCUT2D eigenvalue weighted by molar-refractivity contribution is -0.486. The molecule has 0 N–H and O–H groups in total. The van der Waals surface area contributed by atoms with E-state index in [1.807, 2.05) is 0 Å². The van der Waals surface area contributed by atoms with Crippen molar-refractivity contribution in [2.45, 2.75) is 39.7 Å². The lowest BCUT2D eigenvalue weighted by Gasteiger charge is -2.14. The molecule has 0 fully saturated rings. The molecule has 1 aliphatic rings. The van der Waals surface area contributed by atoms with E-state index in [0.717, 1.165) is 0 Å². The van der Waals surface area contributed by atoms with E-state index in [1.165, 1.54) is 0 Å². The zero-order valence-electron chi connectivity index (χ0n) is 10.2. The molecule has 0 aliphatic carbocycles. The zero-order chi connectivity index (χ0) is 12.9. The molecule has 100 valence electrons. The summed E-state index contributed by atoms with van der Waals surface area (Å²) in [5.74, 6) is 0. The Labute approximate surface area is 100 Å². The lowest BCUT2D eigenvalue weighted by Crippen LogP contribution is -2.17. The molecule has 1 unspecified atom stereocenters. The second-order valence-corrected chi connectivity index (χ2v) is 5.40. The van der Waals surface area contributed by atoms with E-state index < -0.39 is 7.60 Å². The van der Waals surface area contributed by atoms with E-state index in [9.17, 15) is 9.77 Å². The number of hydroxylamine groups is 1. The van der Waals surface area contributed by atoms with Crippen LogP contribution in [0, 0.1) is 5.21 Å². The first-order valence-corrected chi connectivity index (χ1v) is 7.14. The summed E-state index contributed by atoms with van der Waals surface area (Å²) >= 11 is 0. The highest BCUT2D eigenvalue weighted by Crippen LogP contribution is 2.53. The molecule has 17 heavy (non-hydrogen) atoms. The van der Waals surface area contributed by atoms with Crippen molar-refractivity contribution < 1.29 is 28.4 Å². The van der Waals surface area contributed by atoms with Crippen LogP contribution in [0.4, 0.5) is 0 Å². The van der Waals surface area contributed by atoms with E-state index in [4.69, 9.17) is 9.35 Å². The van der Waals surface area contributed by atoms with Crippen LogP contribution in [0.5, 0.6) is 0 Å². The fraction of sp³-hybridized carbons (Fsp3) is 0.889. The molecule has 0 aromatic rings. The molecule has 1 atom stereocenters. The summed E-state index contributed by atoms with van der Waals surface area (Å²) in [6.45, 7) is 5.47. The van der Waals surface area contributed by atoms with Gasteiger partial charge in [0.1, 0.15) is 0 Å². The highest BCUT2D eigenvalue weighted by atomic mass is 31.2. The van der Waals surface area contributed by atoms with Crippen molar-refractivity contribution in [1.29, 1.82) is 0 Å². The maximum atomic E-state index is 12.3. The Bertz CT molecular complexity index is 319. The van der Waals surface area contributed by atoms with Crippen molar-refractivity contribution in [3.63, 3.8) is 0 Å². The quantitative estimate of drug-likeness (QED) is 0.231.